The van der Waals surface area contributed by atoms with Gasteiger partial charge in [0.1, 0.15) is 0 Å². The van der Waals surface area contributed by atoms with Crippen molar-refractivity contribution in [1.29, 1.82) is 0 Å². The molecule has 6 nitrogen and oxygen atoms in total. The summed E-state index contributed by atoms with van der Waals surface area (Å²) in [6.45, 7) is 2.53. The molecular weight excluding hydrogens is 430 g/mol. The van der Waals surface area contributed by atoms with Gasteiger partial charge in [0.15, 0.2) is 0 Å². The Morgan fingerprint density at radius 2 is 1.87 bits per heavy atom. The Morgan fingerprint density at radius 1 is 1.03 bits per heavy atom. The maximum atomic E-state index is 13.1. The first-order valence-corrected chi connectivity index (χ1v) is 11.6. The molecule has 0 radical (unpaired) electrons. The van der Waals surface area contributed by atoms with Crippen molar-refractivity contribution >= 4 is 52.2 Å². The second kappa shape index (κ2) is 9.36. The summed E-state index contributed by atoms with van der Waals surface area (Å²) in [6.07, 6.45) is 0.834. The van der Waals surface area contributed by atoms with Crippen LogP contribution in [0.15, 0.2) is 69.8 Å². The van der Waals surface area contributed by atoms with Crippen LogP contribution in [0.25, 0.3) is 0 Å². The van der Waals surface area contributed by atoms with Crippen molar-refractivity contribution in [3.05, 3.63) is 70.4 Å². The van der Waals surface area contributed by atoms with Crippen molar-refractivity contribution in [3.8, 4) is 0 Å². The minimum atomic E-state index is -0.314. The van der Waals surface area contributed by atoms with Crippen LogP contribution in [0, 0.1) is 0 Å². The van der Waals surface area contributed by atoms with Gasteiger partial charge >= 0.3 is 0 Å². The van der Waals surface area contributed by atoms with Gasteiger partial charge in [0.05, 0.1) is 22.7 Å². The van der Waals surface area contributed by atoms with Crippen LogP contribution in [-0.2, 0) is 4.79 Å². The second-order valence-electron chi connectivity index (χ2n) is 6.95. The number of fused-ring (bicyclic) bond motifs is 2. The predicted octanol–water partition coefficient (Wildman–Crippen LogP) is 4.64. The molecule has 0 saturated heterocycles. The molecule has 4 rings (SSSR count). The Balaban J connectivity index is 1.52. The van der Waals surface area contributed by atoms with Crippen LogP contribution in [0.4, 0.5) is 11.4 Å². The van der Waals surface area contributed by atoms with E-state index >= 15 is 0 Å². The van der Waals surface area contributed by atoms with Gasteiger partial charge in [-0.2, -0.15) is 0 Å². The van der Waals surface area contributed by atoms with Crippen molar-refractivity contribution < 1.29 is 14.4 Å². The molecule has 1 aliphatic heterocycles. The molecule has 2 aromatic carbocycles. The molecule has 0 aliphatic carbocycles. The number of thiophene rings is 1. The van der Waals surface area contributed by atoms with Crippen LogP contribution >= 0.6 is 23.1 Å². The fourth-order valence-corrected chi connectivity index (χ4v) is 5.07. The second-order valence-corrected chi connectivity index (χ2v) is 8.98. The van der Waals surface area contributed by atoms with Crippen LogP contribution in [0.2, 0.25) is 0 Å². The normalized spacial score (nSPS) is 12.5. The number of anilines is 2. The Bertz CT molecular complexity index is 1130. The molecule has 1 aliphatic rings. The van der Waals surface area contributed by atoms with Crippen LogP contribution in [0.5, 0.6) is 0 Å². The van der Waals surface area contributed by atoms with Gasteiger partial charge in [-0.25, -0.2) is 0 Å². The predicted molar refractivity (Wildman–Crippen MR) is 124 cm³/mol. The highest BCUT2D eigenvalue weighted by Crippen LogP contribution is 2.42. The average Bonchev–Trinajstić information content (AvgIpc) is 3.28. The zero-order chi connectivity index (χ0) is 21.8. The van der Waals surface area contributed by atoms with Gasteiger partial charge in [-0.15, -0.1) is 11.3 Å². The van der Waals surface area contributed by atoms with Gasteiger partial charge < -0.3 is 15.5 Å². The fourth-order valence-electron chi connectivity index (χ4n) is 3.31. The molecule has 1 aromatic heterocycles. The molecule has 3 aromatic rings. The van der Waals surface area contributed by atoms with Gasteiger partial charge in [0.25, 0.3) is 11.8 Å². The number of rotatable bonds is 6. The van der Waals surface area contributed by atoms with Gasteiger partial charge in [-0.3, -0.25) is 14.4 Å². The molecule has 3 amide bonds. The van der Waals surface area contributed by atoms with Gasteiger partial charge in [0.2, 0.25) is 5.91 Å². The number of carbonyl (C=O) groups excluding carboxylic acids is 3. The van der Waals surface area contributed by atoms with Crippen LogP contribution in [0.3, 0.4) is 0 Å². The summed E-state index contributed by atoms with van der Waals surface area (Å²) in [6, 6.07) is 16.6. The van der Waals surface area contributed by atoms with E-state index in [9.17, 15) is 14.4 Å². The first kappa shape index (κ1) is 21.1. The average molecular weight is 452 g/mol. The third-order valence-electron chi connectivity index (χ3n) is 4.72. The molecule has 0 spiro atoms. The summed E-state index contributed by atoms with van der Waals surface area (Å²) in [5.74, 6) is -0.602. The summed E-state index contributed by atoms with van der Waals surface area (Å²) < 4.78 is 0. The first-order valence-electron chi connectivity index (χ1n) is 9.91. The minimum absolute atomic E-state index is 0.0169. The zero-order valence-electron chi connectivity index (χ0n) is 16.9. The fraction of sp³-hybridized carbons (Fsp3) is 0.174. The molecule has 158 valence electrons. The molecule has 2 heterocycles. The third-order valence-corrected chi connectivity index (χ3v) is 6.71. The lowest BCUT2D eigenvalue weighted by atomic mass is 10.1. The number of carbonyl (C=O) groups is 3. The SMILES string of the molecule is CCCN1C(=O)c2ccccc2Sc2cc(NC(=O)CNC(=O)c3cccs3)ccc21. The Kier molecular flexibility index (Phi) is 6.39. The molecule has 0 fully saturated rings. The Labute approximate surface area is 188 Å². The standard InChI is InChI=1S/C23H21N3O3S2/c1-2-11-26-17-10-9-15(25-21(27)14-24-22(28)19-8-5-12-30-19)13-20(17)31-18-7-4-3-6-16(18)23(26)29/h3-10,12-13H,2,11,14H2,1H3,(H,24,28)(H,25,27). The largest absolute Gasteiger partial charge is 0.342 e. The smallest absolute Gasteiger partial charge is 0.261 e. The lowest BCUT2D eigenvalue weighted by Crippen LogP contribution is -2.32. The van der Waals surface area contributed by atoms with E-state index in [4.69, 9.17) is 0 Å². The maximum Gasteiger partial charge on any atom is 0.261 e. The number of hydrogen-bond donors (Lipinski definition) is 2. The highest BCUT2D eigenvalue weighted by Gasteiger charge is 2.26. The van der Waals surface area contributed by atoms with E-state index < -0.39 is 0 Å². The zero-order valence-corrected chi connectivity index (χ0v) is 18.5. The summed E-state index contributed by atoms with van der Waals surface area (Å²) in [7, 11) is 0. The molecule has 2 N–H and O–H groups in total. The molecule has 0 atom stereocenters. The molecule has 8 heteroatoms. The van der Waals surface area contributed by atoms with E-state index in [2.05, 4.69) is 10.6 Å². The van der Waals surface area contributed by atoms with E-state index in [1.165, 1.54) is 23.1 Å². The van der Waals surface area contributed by atoms with Crippen molar-refractivity contribution in [1.82, 2.24) is 5.32 Å². The Hall–Kier alpha value is -3.10. The van der Waals surface area contributed by atoms with Crippen molar-refractivity contribution in [2.45, 2.75) is 23.1 Å². The minimum Gasteiger partial charge on any atom is -0.342 e. The van der Waals surface area contributed by atoms with E-state index in [0.29, 0.717) is 22.7 Å². The summed E-state index contributed by atoms with van der Waals surface area (Å²) in [4.78, 5) is 41.6. The summed E-state index contributed by atoms with van der Waals surface area (Å²) >= 11 is 2.84. The van der Waals surface area contributed by atoms with Crippen molar-refractivity contribution in [2.75, 3.05) is 23.3 Å². The summed E-state index contributed by atoms with van der Waals surface area (Å²) in [5, 5.41) is 7.26. The van der Waals surface area contributed by atoms with Gasteiger partial charge in [-0.1, -0.05) is 36.9 Å². The first-order chi connectivity index (χ1) is 15.1. The number of amides is 3. The van der Waals surface area contributed by atoms with E-state index in [0.717, 1.165) is 21.9 Å². The van der Waals surface area contributed by atoms with Crippen LogP contribution in [-0.4, -0.2) is 30.8 Å². The van der Waals surface area contributed by atoms with Crippen molar-refractivity contribution in [3.63, 3.8) is 0 Å². The highest BCUT2D eigenvalue weighted by molar-refractivity contribution is 7.99. The lowest BCUT2D eigenvalue weighted by Gasteiger charge is -2.22. The van der Waals surface area contributed by atoms with Crippen LogP contribution in [0.1, 0.15) is 33.4 Å². The monoisotopic (exact) mass is 451 g/mol. The van der Waals surface area contributed by atoms with Crippen LogP contribution < -0.4 is 15.5 Å². The summed E-state index contributed by atoms with van der Waals surface area (Å²) in [5.41, 5.74) is 2.13. The maximum absolute atomic E-state index is 13.1. The van der Waals surface area contributed by atoms with Crippen molar-refractivity contribution in [2.24, 2.45) is 0 Å². The quantitative estimate of drug-likeness (QED) is 0.572. The highest BCUT2D eigenvalue weighted by atomic mass is 32.2. The topological polar surface area (TPSA) is 78.5 Å². The Morgan fingerprint density at radius 3 is 2.65 bits per heavy atom. The number of hydrogen-bond acceptors (Lipinski definition) is 5. The number of nitrogens with zero attached hydrogens (tertiary/aromatic N) is 1. The van der Waals surface area contributed by atoms with E-state index in [1.807, 2.05) is 48.7 Å². The molecular formula is C23H21N3O3S2. The molecule has 0 unspecified atom stereocenters. The lowest BCUT2D eigenvalue weighted by molar-refractivity contribution is -0.115. The van der Waals surface area contributed by atoms with E-state index in [1.54, 1.807) is 23.1 Å². The third kappa shape index (κ3) is 4.65. The van der Waals surface area contributed by atoms with Gasteiger partial charge in [0, 0.05) is 22.0 Å². The number of benzene rings is 2. The molecule has 0 saturated carbocycles. The molecule has 0 bridgehead atoms. The molecule has 31 heavy (non-hydrogen) atoms. The number of nitrogens with one attached hydrogen (secondary N) is 2. The van der Waals surface area contributed by atoms with E-state index in [-0.39, 0.29) is 24.3 Å². The van der Waals surface area contributed by atoms with Gasteiger partial charge in [-0.05, 0) is 48.2 Å².